The van der Waals surface area contributed by atoms with Gasteiger partial charge in [0, 0.05) is 27.3 Å². The summed E-state index contributed by atoms with van der Waals surface area (Å²) in [6.45, 7) is 1.65. The average molecular weight is 295 g/mol. The molecule has 0 unspecified atom stereocenters. The molecule has 0 radical (unpaired) electrons. The maximum atomic E-state index is 12.0. The van der Waals surface area contributed by atoms with Crippen LogP contribution in [0.3, 0.4) is 0 Å². The van der Waals surface area contributed by atoms with Gasteiger partial charge in [0.25, 0.3) is 5.91 Å². The van der Waals surface area contributed by atoms with Crippen molar-refractivity contribution < 1.29 is 19.1 Å². The lowest BCUT2D eigenvalue weighted by atomic mass is 10.1. The molecular formula is C14H21N3O4. The zero-order valence-corrected chi connectivity index (χ0v) is 12.3. The number of para-hydroxylation sites is 1. The second kappa shape index (κ2) is 9.73. The Kier molecular flexibility index (Phi) is 7.85. The molecule has 7 heteroatoms. The van der Waals surface area contributed by atoms with E-state index in [1.165, 1.54) is 0 Å². The molecule has 3 amide bonds. The predicted molar refractivity (Wildman–Crippen MR) is 79.5 cm³/mol. The molecule has 116 valence electrons. The van der Waals surface area contributed by atoms with Crippen LogP contribution >= 0.6 is 0 Å². The number of hydrogen-bond donors (Lipinski definition) is 3. The number of amides is 3. The Morgan fingerprint density at radius 2 is 1.62 bits per heavy atom. The summed E-state index contributed by atoms with van der Waals surface area (Å²) in [5.41, 5.74) is 0.845. The molecule has 0 saturated carbocycles. The second-order valence-electron chi connectivity index (χ2n) is 4.17. The van der Waals surface area contributed by atoms with E-state index in [9.17, 15) is 9.59 Å². The van der Waals surface area contributed by atoms with Crippen molar-refractivity contribution in [3.05, 3.63) is 29.8 Å². The molecule has 0 bridgehead atoms. The van der Waals surface area contributed by atoms with Gasteiger partial charge >= 0.3 is 6.03 Å². The maximum Gasteiger partial charge on any atom is 0.319 e. The van der Waals surface area contributed by atoms with E-state index < -0.39 is 0 Å². The van der Waals surface area contributed by atoms with Crippen LogP contribution in [0.2, 0.25) is 0 Å². The number of urea groups is 1. The number of nitrogens with one attached hydrogen (secondary N) is 3. The van der Waals surface area contributed by atoms with Crippen molar-refractivity contribution in [2.45, 2.75) is 0 Å². The SMILES string of the molecule is COCCNC(=O)Nc1ccccc1C(=O)NCCOC. The summed E-state index contributed by atoms with van der Waals surface area (Å²) in [5.74, 6) is -0.264. The maximum absolute atomic E-state index is 12.0. The zero-order chi connectivity index (χ0) is 15.5. The quantitative estimate of drug-likeness (QED) is 0.620. The summed E-state index contributed by atoms with van der Waals surface area (Å²) in [7, 11) is 3.12. The molecule has 21 heavy (non-hydrogen) atoms. The van der Waals surface area contributed by atoms with E-state index in [1.807, 2.05) is 0 Å². The fraction of sp³-hybridized carbons (Fsp3) is 0.429. The van der Waals surface area contributed by atoms with Crippen molar-refractivity contribution in [2.24, 2.45) is 0 Å². The molecule has 1 rings (SSSR count). The Morgan fingerprint density at radius 3 is 2.29 bits per heavy atom. The van der Waals surface area contributed by atoms with Gasteiger partial charge < -0.3 is 25.4 Å². The smallest absolute Gasteiger partial charge is 0.319 e. The minimum absolute atomic E-state index is 0.264. The van der Waals surface area contributed by atoms with E-state index in [2.05, 4.69) is 16.0 Å². The number of rotatable bonds is 8. The van der Waals surface area contributed by atoms with E-state index >= 15 is 0 Å². The molecule has 3 N–H and O–H groups in total. The number of ether oxygens (including phenoxy) is 2. The molecule has 0 heterocycles. The van der Waals surface area contributed by atoms with E-state index in [0.717, 1.165) is 0 Å². The summed E-state index contributed by atoms with van der Waals surface area (Å²) >= 11 is 0. The first-order valence-corrected chi connectivity index (χ1v) is 6.59. The molecule has 0 atom stereocenters. The average Bonchev–Trinajstić information content (AvgIpc) is 2.48. The lowest BCUT2D eigenvalue weighted by Gasteiger charge is -2.12. The Bertz CT molecular complexity index is 465. The van der Waals surface area contributed by atoms with Crippen LogP contribution in [0.4, 0.5) is 10.5 Å². The lowest BCUT2D eigenvalue weighted by Crippen LogP contribution is -2.33. The topological polar surface area (TPSA) is 88.7 Å². The molecule has 0 aliphatic rings. The number of hydrogen-bond acceptors (Lipinski definition) is 4. The van der Waals surface area contributed by atoms with Crippen molar-refractivity contribution in [3.8, 4) is 0 Å². The first kappa shape index (κ1) is 16.9. The fourth-order valence-corrected chi connectivity index (χ4v) is 1.59. The van der Waals surface area contributed by atoms with Crippen molar-refractivity contribution in [3.63, 3.8) is 0 Å². The Balaban J connectivity index is 2.61. The zero-order valence-electron chi connectivity index (χ0n) is 12.3. The molecule has 0 aromatic heterocycles. The number of methoxy groups -OCH3 is 2. The van der Waals surface area contributed by atoms with Gasteiger partial charge in [-0.05, 0) is 12.1 Å². The number of anilines is 1. The van der Waals surface area contributed by atoms with Crippen LogP contribution in [0, 0.1) is 0 Å². The third-order valence-corrected chi connectivity index (χ3v) is 2.60. The summed E-state index contributed by atoms with van der Waals surface area (Å²) in [6, 6.07) is 6.41. The predicted octanol–water partition coefficient (Wildman–Crippen LogP) is 0.831. The van der Waals surface area contributed by atoms with Crippen LogP contribution in [-0.2, 0) is 9.47 Å². The highest BCUT2D eigenvalue weighted by Gasteiger charge is 2.12. The second-order valence-corrected chi connectivity index (χ2v) is 4.17. The van der Waals surface area contributed by atoms with Crippen molar-refractivity contribution >= 4 is 17.6 Å². The van der Waals surface area contributed by atoms with Crippen LogP contribution in [0.25, 0.3) is 0 Å². The Hall–Kier alpha value is -2.12. The summed E-state index contributed by atoms with van der Waals surface area (Å²) in [6.07, 6.45) is 0. The van der Waals surface area contributed by atoms with Gasteiger partial charge in [-0.3, -0.25) is 4.79 Å². The summed E-state index contributed by atoms with van der Waals surface area (Å²) < 4.78 is 9.71. The normalized spacial score (nSPS) is 10.0. The number of benzene rings is 1. The Labute approximate surface area is 124 Å². The minimum Gasteiger partial charge on any atom is -0.383 e. The van der Waals surface area contributed by atoms with E-state index in [-0.39, 0.29) is 11.9 Å². The van der Waals surface area contributed by atoms with Crippen molar-refractivity contribution in [2.75, 3.05) is 45.8 Å². The van der Waals surface area contributed by atoms with E-state index in [4.69, 9.17) is 9.47 Å². The highest BCUT2D eigenvalue weighted by molar-refractivity contribution is 6.03. The van der Waals surface area contributed by atoms with Crippen molar-refractivity contribution in [1.82, 2.24) is 10.6 Å². The molecule has 1 aromatic rings. The molecule has 0 spiro atoms. The van der Waals surface area contributed by atoms with Gasteiger partial charge in [0.15, 0.2) is 0 Å². The third kappa shape index (κ3) is 6.24. The molecule has 0 saturated heterocycles. The van der Waals surface area contributed by atoms with Crippen LogP contribution < -0.4 is 16.0 Å². The largest absolute Gasteiger partial charge is 0.383 e. The minimum atomic E-state index is -0.385. The van der Waals surface area contributed by atoms with Crippen LogP contribution in [0.15, 0.2) is 24.3 Å². The van der Waals surface area contributed by atoms with Gasteiger partial charge in [0.05, 0.1) is 24.5 Å². The van der Waals surface area contributed by atoms with Gasteiger partial charge in [-0.15, -0.1) is 0 Å². The van der Waals surface area contributed by atoms with E-state index in [1.54, 1.807) is 38.5 Å². The highest BCUT2D eigenvalue weighted by Crippen LogP contribution is 2.14. The highest BCUT2D eigenvalue weighted by atomic mass is 16.5. The summed E-state index contributed by atoms with van der Waals surface area (Å²) in [4.78, 5) is 23.7. The molecule has 7 nitrogen and oxygen atoms in total. The molecule has 1 aromatic carbocycles. The monoisotopic (exact) mass is 295 g/mol. The summed E-state index contributed by atoms with van der Waals surface area (Å²) in [5, 5.41) is 7.98. The fourth-order valence-electron chi connectivity index (χ4n) is 1.59. The molecule has 0 aliphatic carbocycles. The standard InChI is InChI=1S/C14H21N3O4/c1-20-9-7-15-13(18)11-5-3-4-6-12(11)17-14(19)16-8-10-21-2/h3-6H,7-10H2,1-2H3,(H,15,18)(H2,16,17,19). The molecular weight excluding hydrogens is 274 g/mol. The van der Waals surface area contributed by atoms with Gasteiger partial charge in [0.1, 0.15) is 0 Å². The van der Waals surface area contributed by atoms with Crippen molar-refractivity contribution in [1.29, 1.82) is 0 Å². The third-order valence-electron chi connectivity index (χ3n) is 2.60. The molecule has 0 aliphatic heterocycles. The van der Waals surface area contributed by atoms with Gasteiger partial charge in [-0.25, -0.2) is 4.79 Å². The van der Waals surface area contributed by atoms with Crippen LogP contribution in [-0.4, -0.2) is 52.5 Å². The van der Waals surface area contributed by atoms with Crippen LogP contribution in [0.5, 0.6) is 0 Å². The van der Waals surface area contributed by atoms with Gasteiger partial charge in [-0.2, -0.15) is 0 Å². The van der Waals surface area contributed by atoms with Crippen LogP contribution in [0.1, 0.15) is 10.4 Å². The number of carbonyl (C=O) groups is 2. The lowest BCUT2D eigenvalue weighted by molar-refractivity contribution is 0.0938. The number of carbonyl (C=O) groups excluding carboxylic acids is 2. The first-order valence-electron chi connectivity index (χ1n) is 6.59. The van der Waals surface area contributed by atoms with Gasteiger partial charge in [0.2, 0.25) is 0 Å². The van der Waals surface area contributed by atoms with E-state index in [0.29, 0.717) is 37.6 Å². The Morgan fingerprint density at radius 1 is 1.00 bits per heavy atom. The van der Waals surface area contributed by atoms with Gasteiger partial charge in [-0.1, -0.05) is 12.1 Å². The first-order chi connectivity index (χ1) is 10.2. The molecule has 0 fully saturated rings.